The van der Waals surface area contributed by atoms with Crippen LogP contribution in [0.5, 0.6) is 0 Å². The van der Waals surface area contributed by atoms with Crippen LogP contribution in [0.4, 0.5) is 0 Å². The molecule has 0 aliphatic rings. The van der Waals surface area contributed by atoms with Gasteiger partial charge in [0.1, 0.15) is 0 Å². The van der Waals surface area contributed by atoms with Crippen LogP contribution in [-0.4, -0.2) is 20.5 Å². The maximum absolute atomic E-state index is 10.3. The number of nitrogens with zero attached hydrogens (tertiary/aromatic N) is 2. The molecule has 0 aliphatic heterocycles. The van der Waals surface area contributed by atoms with Crippen LogP contribution in [0.2, 0.25) is 0 Å². The minimum atomic E-state index is -0.838. The minimum absolute atomic E-state index is 0.0197. The molecule has 0 amide bonds. The normalized spacial score (nSPS) is 11.2. The molecule has 15 heavy (non-hydrogen) atoms. The van der Waals surface area contributed by atoms with Crippen LogP contribution in [0.3, 0.4) is 0 Å². The summed E-state index contributed by atoms with van der Waals surface area (Å²) in [6, 6.07) is 5.78. The molecule has 4 heteroatoms. The zero-order valence-electron chi connectivity index (χ0n) is 8.00. The van der Waals surface area contributed by atoms with Gasteiger partial charge in [0.15, 0.2) is 0 Å². The van der Waals surface area contributed by atoms with Crippen LogP contribution >= 0.6 is 0 Å². The SMILES string of the molecule is O=C(O)CC=Cc1ncn2ccccc12. The molecule has 0 atom stereocenters. The van der Waals surface area contributed by atoms with Gasteiger partial charge in [0.25, 0.3) is 0 Å². The molecule has 0 saturated heterocycles. The highest BCUT2D eigenvalue weighted by atomic mass is 16.4. The largest absolute Gasteiger partial charge is 0.481 e. The highest BCUT2D eigenvalue weighted by Gasteiger charge is 1.99. The van der Waals surface area contributed by atoms with Crippen molar-refractivity contribution >= 4 is 17.6 Å². The Bertz CT molecular complexity index is 514. The maximum atomic E-state index is 10.3. The summed E-state index contributed by atoms with van der Waals surface area (Å²) in [6.45, 7) is 0. The number of aliphatic carboxylic acids is 1. The Balaban J connectivity index is 2.28. The van der Waals surface area contributed by atoms with E-state index in [1.807, 2.05) is 28.8 Å². The molecule has 2 heterocycles. The number of fused-ring (bicyclic) bond motifs is 1. The highest BCUT2D eigenvalue weighted by Crippen LogP contribution is 2.10. The first kappa shape index (κ1) is 9.45. The van der Waals surface area contributed by atoms with Crippen LogP contribution < -0.4 is 0 Å². The summed E-state index contributed by atoms with van der Waals surface area (Å²) in [5.41, 5.74) is 1.76. The zero-order valence-corrected chi connectivity index (χ0v) is 8.00. The van der Waals surface area contributed by atoms with E-state index >= 15 is 0 Å². The molecule has 0 saturated carbocycles. The predicted octanol–water partition coefficient (Wildman–Crippen LogP) is 1.82. The Morgan fingerprint density at radius 1 is 1.53 bits per heavy atom. The average Bonchev–Trinajstić information content (AvgIpc) is 2.62. The summed E-state index contributed by atoms with van der Waals surface area (Å²) in [6.07, 6.45) is 6.94. The van der Waals surface area contributed by atoms with E-state index in [9.17, 15) is 4.79 Å². The lowest BCUT2D eigenvalue weighted by atomic mass is 10.3. The average molecular weight is 202 g/mol. The smallest absolute Gasteiger partial charge is 0.307 e. The first-order valence-electron chi connectivity index (χ1n) is 4.57. The number of rotatable bonds is 3. The highest BCUT2D eigenvalue weighted by molar-refractivity contribution is 5.72. The van der Waals surface area contributed by atoms with Gasteiger partial charge in [-0.15, -0.1) is 0 Å². The van der Waals surface area contributed by atoms with Gasteiger partial charge in [-0.25, -0.2) is 4.98 Å². The minimum Gasteiger partial charge on any atom is -0.481 e. The summed E-state index contributed by atoms with van der Waals surface area (Å²) < 4.78 is 1.89. The molecule has 1 N–H and O–H groups in total. The Hall–Kier alpha value is -2.10. The topological polar surface area (TPSA) is 54.6 Å². The van der Waals surface area contributed by atoms with E-state index in [2.05, 4.69) is 4.98 Å². The third kappa shape index (κ3) is 2.04. The van der Waals surface area contributed by atoms with Crippen LogP contribution in [0.15, 0.2) is 36.8 Å². The second kappa shape index (κ2) is 3.96. The van der Waals surface area contributed by atoms with E-state index in [4.69, 9.17) is 5.11 Å². The molecular weight excluding hydrogens is 192 g/mol. The number of carboxylic acid groups (broad SMARTS) is 1. The van der Waals surface area contributed by atoms with Gasteiger partial charge in [0, 0.05) is 6.20 Å². The number of hydrogen-bond donors (Lipinski definition) is 1. The number of pyridine rings is 1. The van der Waals surface area contributed by atoms with Gasteiger partial charge >= 0.3 is 5.97 Å². The van der Waals surface area contributed by atoms with Gasteiger partial charge in [0.2, 0.25) is 0 Å². The van der Waals surface area contributed by atoms with Crippen LogP contribution in [-0.2, 0) is 4.79 Å². The molecule has 0 spiro atoms. The standard InChI is InChI=1S/C11H10N2O2/c14-11(15)6-3-4-9-10-5-1-2-7-13(10)8-12-9/h1-5,7-8H,6H2,(H,14,15). The lowest BCUT2D eigenvalue weighted by Crippen LogP contribution is -1.89. The van der Waals surface area contributed by atoms with E-state index in [-0.39, 0.29) is 6.42 Å². The number of carboxylic acids is 1. The fourth-order valence-corrected chi connectivity index (χ4v) is 1.36. The van der Waals surface area contributed by atoms with E-state index in [1.54, 1.807) is 18.5 Å². The van der Waals surface area contributed by atoms with Crippen molar-refractivity contribution in [2.24, 2.45) is 0 Å². The molecule has 2 rings (SSSR count). The second-order valence-electron chi connectivity index (χ2n) is 3.12. The number of carbonyl (C=O) groups is 1. The van der Waals surface area contributed by atoms with Gasteiger partial charge in [-0.2, -0.15) is 0 Å². The van der Waals surface area contributed by atoms with Crippen LogP contribution in [0, 0.1) is 0 Å². The van der Waals surface area contributed by atoms with Crippen molar-refractivity contribution in [3.8, 4) is 0 Å². The summed E-state index contributed by atoms with van der Waals surface area (Å²) in [4.78, 5) is 14.5. The van der Waals surface area contributed by atoms with Crippen molar-refractivity contribution in [1.29, 1.82) is 0 Å². The summed E-state index contributed by atoms with van der Waals surface area (Å²) in [5, 5.41) is 8.48. The van der Waals surface area contributed by atoms with Crippen molar-refractivity contribution in [2.75, 3.05) is 0 Å². The molecule has 2 aromatic heterocycles. The molecule has 76 valence electrons. The summed E-state index contributed by atoms with van der Waals surface area (Å²) in [5.74, 6) is -0.838. The maximum Gasteiger partial charge on any atom is 0.307 e. The van der Waals surface area contributed by atoms with Crippen molar-refractivity contribution in [3.05, 3.63) is 42.5 Å². The number of aromatic nitrogens is 2. The number of hydrogen-bond acceptors (Lipinski definition) is 2. The summed E-state index contributed by atoms with van der Waals surface area (Å²) in [7, 11) is 0. The molecule has 4 nitrogen and oxygen atoms in total. The molecule has 0 aliphatic carbocycles. The fourth-order valence-electron chi connectivity index (χ4n) is 1.36. The van der Waals surface area contributed by atoms with E-state index in [1.165, 1.54) is 0 Å². The van der Waals surface area contributed by atoms with Crippen molar-refractivity contribution in [3.63, 3.8) is 0 Å². The first-order valence-corrected chi connectivity index (χ1v) is 4.57. The van der Waals surface area contributed by atoms with Crippen LogP contribution in [0.25, 0.3) is 11.6 Å². The molecule has 0 fully saturated rings. The van der Waals surface area contributed by atoms with Gasteiger partial charge in [0.05, 0.1) is 24.0 Å². The fraction of sp³-hybridized carbons (Fsp3) is 0.0909. The van der Waals surface area contributed by atoms with Gasteiger partial charge < -0.3 is 9.51 Å². The third-order valence-corrected chi connectivity index (χ3v) is 2.04. The van der Waals surface area contributed by atoms with Crippen LogP contribution in [0.1, 0.15) is 12.1 Å². The van der Waals surface area contributed by atoms with Crippen molar-refractivity contribution in [1.82, 2.24) is 9.38 Å². The lowest BCUT2D eigenvalue weighted by molar-refractivity contribution is -0.135. The quantitative estimate of drug-likeness (QED) is 0.825. The molecule has 0 bridgehead atoms. The first-order chi connectivity index (χ1) is 7.27. The van der Waals surface area contributed by atoms with Crippen molar-refractivity contribution < 1.29 is 9.90 Å². The molecule has 0 radical (unpaired) electrons. The molecular formula is C11H10N2O2. The molecule has 2 aromatic rings. The van der Waals surface area contributed by atoms with Gasteiger partial charge in [-0.1, -0.05) is 12.1 Å². The monoisotopic (exact) mass is 202 g/mol. The number of imidazole rings is 1. The summed E-state index contributed by atoms with van der Waals surface area (Å²) >= 11 is 0. The van der Waals surface area contributed by atoms with E-state index in [0.29, 0.717) is 0 Å². The Labute approximate surface area is 86.5 Å². The Morgan fingerprint density at radius 3 is 3.20 bits per heavy atom. The lowest BCUT2D eigenvalue weighted by Gasteiger charge is -1.91. The Morgan fingerprint density at radius 2 is 2.40 bits per heavy atom. The van der Waals surface area contributed by atoms with E-state index in [0.717, 1.165) is 11.2 Å². The molecule has 0 aromatic carbocycles. The molecule has 0 unspecified atom stereocenters. The predicted molar refractivity (Wildman–Crippen MR) is 56.5 cm³/mol. The van der Waals surface area contributed by atoms with Gasteiger partial charge in [-0.3, -0.25) is 4.79 Å². The third-order valence-electron chi connectivity index (χ3n) is 2.04. The second-order valence-corrected chi connectivity index (χ2v) is 3.12. The van der Waals surface area contributed by atoms with E-state index < -0.39 is 5.97 Å². The van der Waals surface area contributed by atoms with Crippen molar-refractivity contribution in [2.45, 2.75) is 6.42 Å². The van der Waals surface area contributed by atoms with Gasteiger partial charge in [-0.05, 0) is 18.2 Å². The zero-order chi connectivity index (χ0) is 10.7. The Kier molecular flexibility index (Phi) is 2.49.